The maximum atomic E-state index is 13.5. The Morgan fingerprint density at radius 3 is 2.44 bits per heavy atom. The molecule has 0 saturated carbocycles. The molecule has 4 heterocycles. The van der Waals surface area contributed by atoms with Gasteiger partial charge in [0.1, 0.15) is 17.0 Å². The third kappa shape index (κ3) is 8.99. The van der Waals surface area contributed by atoms with Crippen LogP contribution in [-0.2, 0) is 23.7 Å². The molecule has 1 unspecified atom stereocenters. The number of furan rings is 1. The highest BCUT2D eigenvalue weighted by atomic mass is 35.5. The number of phenolic OH excluding ortho intramolecular Hbond substituents is 1. The van der Waals surface area contributed by atoms with Crippen molar-refractivity contribution in [2.75, 3.05) is 46.4 Å². The van der Waals surface area contributed by atoms with Crippen LogP contribution in [0.1, 0.15) is 75.2 Å². The summed E-state index contributed by atoms with van der Waals surface area (Å²) in [5.41, 5.74) is 8.69. The number of hydrogen-bond acceptors (Lipinski definition) is 9. The topological polar surface area (TPSA) is 219 Å². The second kappa shape index (κ2) is 16.9. The molecule has 0 aliphatic carbocycles. The Bertz CT molecular complexity index is 2260. The number of halogens is 1. The van der Waals surface area contributed by atoms with Crippen molar-refractivity contribution in [1.29, 1.82) is 0 Å². The minimum absolute atomic E-state index is 0.0286. The number of aromatic hydroxyl groups is 1. The predicted octanol–water partition coefficient (Wildman–Crippen LogP) is 4.66. The molecule has 2 aromatic carbocycles. The second-order valence-corrected chi connectivity index (χ2v) is 13.6. The number of rotatable bonds is 15. The first kappa shape index (κ1) is 38.6. The van der Waals surface area contributed by atoms with E-state index in [4.69, 9.17) is 21.8 Å². The van der Waals surface area contributed by atoms with Crippen LogP contribution in [0.5, 0.6) is 5.75 Å². The number of hydrogen-bond donors (Lipinski definition) is 6. The van der Waals surface area contributed by atoms with Gasteiger partial charge in [0.25, 0.3) is 17.7 Å². The standard InChI is InChI=1S/C38H42ClN9O7/c1-46-20-25(16-29(46)36(52)41-13-4-3-12-40)43-37(53)35-45-32(21-47(35)2)44-34(51)7-5-6-33(50)42-24-8-11-30-22(14-24)15-31(55-30)38(54)48-19-23(18-39)27-10-9-26(49)17-28(27)48/h8-11,14-17,20-21,23,49H,3-7,12-13,18-19,40H2,1-2H3,(H,41,52)(H,42,50)(H,43,53)(H,44,51). The summed E-state index contributed by atoms with van der Waals surface area (Å²) in [5.74, 6) is -1.26. The third-order valence-electron chi connectivity index (χ3n) is 9.16. The van der Waals surface area contributed by atoms with Crippen molar-refractivity contribution < 1.29 is 33.5 Å². The largest absolute Gasteiger partial charge is 0.508 e. The number of aromatic nitrogens is 3. The summed E-state index contributed by atoms with van der Waals surface area (Å²) in [4.78, 5) is 70.2. The van der Waals surface area contributed by atoms with Gasteiger partial charge in [-0.2, -0.15) is 0 Å². The van der Waals surface area contributed by atoms with Crippen molar-refractivity contribution in [2.45, 2.75) is 38.0 Å². The number of phenols is 1. The number of anilines is 4. The summed E-state index contributed by atoms with van der Waals surface area (Å²) < 4.78 is 8.92. The SMILES string of the molecule is Cn1cc(NC(=O)c2nc(NC(=O)CCCC(=O)Nc3ccc4oc(C(=O)N5CC(CCl)c6ccc(O)cc65)cc4c3)cn2C)cc1C(=O)NCCCCN. The summed E-state index contributed by atoms with van der Waals surface area (Å²) in [5, 5.41) is 21.7. The van der Waals surface area contributed by atoms with Crippen LogP contribution in [-0.4, -0.2) is 74.3 Å². The summed E-state index contributed by atoms with van der Waals surface area (Å²) >= 11 is 6.15. The second-order valence-electron chi connectivity index (χ2n) is 13.3. The van der Waals surface area contributed by atoms with Gasteiger partial charge < -0.3 is 50.6 Å². The van der Waals surface area contributed by atoms with Crippen molar-refractivity contribution in [2.24, 2.45) is 19.8 Å². The van der Waals surface area contributed by atoms with Crippen LogP contribution in [0.4, 0.5) is 22.9 Å². The molecule has 1 atom stereocenters. The Morgan fingerprint density at radius 2 is 1.67 bits per heavy atom. The van der Waals surface area contributed by atoms with Crippen LogP contribution in [0.3, 0.4) is 0 Å². The van der Waals surface area contributed by atoms with Gasteiger partial charge in [0.05, 0.1) is 11.4 Å². The van der Waals surface area contributed by atoms with Gasteiger partial charge in [-0.1, -0.05) is 6.07 Å². The van der Waals surface area contributed by atoms with Crippen molar-refractivity contribution in [1.82, 2.24) is 19.4 Å². The molecular weight excluding hydrogens is 730 g/mol. The Hall–Kier alpha value is -6.13. The summed E-state index contributed by atoms with van der Waals surface area (Å²) in [6.45, 7) is 1.40. The van der Waals surface area contributed by atoms with Gasteiger partial charge in [-0.15, -0.1) is 11.6 Å². The van der Waals surface area contributed by atoms with E-state index >= 15 is 0 Å². The van der Waals surface area contributed by atoms with Crippen LogP contribution in [0.25, 0.3) is 11.0 Å². The number of nitrogens with zero attached hydrogens (tertiary/aromatic N) is 4. The fourth-order valence-electron chi connectivity index (χ4n) is 6.40. The third-order valence-corrected chi connectivity index (χ3v) is 9.53. The number of fused-ring (bicyclic) bond motifs is 2. The fraction of sp³-hybridized carbons (Fsp3) is 0.316. The van der Waals surface area contributed by atoms with Gasteiger partial charge in [0.2, 0.25) is 17.6 Å². The lowest BCUT2D eigenvalue weighted by Crippen LogP contribution is -2.29. The molecular formula is C38H42ClN9O7. The highest BCUT2D eigenvalue weighted by Crippen LogP contribution is 2.40. The monoisotopic (exact) mass is 771 g/mol. The molecule has 0 radical (unpaired) electrons. The molecule has 7 N–H and O–H groups in total. The van der Waals surface area contributed by atoms with E-state index in [9.17, 15) is 29.1 Å². The summed E-state index contributed by atoms with van der Waals surface area (Å²) in [6, 6.07) is 13.1. The number of alkyl halides is 1. The predicted molar refractivity (Wildman–Crippen MR) is 208 cm³/mol. The Kier molecular flexibility index (Phi) is 11.9. The van der Waals surface area contributed by atoms with E-state index in [1.165, 1.54) is 16.8 Å². The molecule has 5 amide bonds. The van der Waals surface area contributed by atoms with E-state index in [1.54, 1.807) is 72.2 Å². The number of amides is 5. The lowest BCUT2D eigenvalue weighted by molar-refractivity contribution is -0.117. The zero-order chi connectivity index (χ0) is 39.2. The number of imidazole rings is 1. The molecule has 288 valence electrons. The number of carbonyl (C=O) groups excluding carboxylic acids is 5. The van der Waals surface area contributed by atoms with E-state index in [0.29, 0.717) is 59.2 Å². The molecule has 55 heavy (non-hydrogen) atoms. The quantitative estimate of drug-likeness (QED) is 0.0643. The maximum Gasteiger partial charge on any atom is 0.294 e. The highest BCUT2D eigenvalue weighted by molar-refractivity contribution is 6.19. The first-order valence-corrected chi connectivity index (χ1v) is 18.3. The van der Waals surface area contributed by atoms with Crippen molar-refractivity contribution >= 4 is 75.0 Å². The Morgan fingerprint density at radius 1 is 0.891 bits per heavy atom. The van der Waals surface area contributed by atoms with Crippen LogP contribution in [0.15, 0.2) is 65.3 Å². The van der Waals surface area contributed by atoms with Crippen LogP contribution < -0.4 is 31.9 Å². The lowest BCUT2D eigenvalue weighted by Gasteiger charge is -2.16. The molecule has 0 bridgehead atoms. The molecule has 1 aliphatic rings. The summed E-state index contributed by atoms with van der Waals surface area (Å²) in [7, 11) is 3.31. The van der Waals surface area contributed by atoms with E-state index < -0.39 is 5.91 Å². The van der Waals surface area contributed by atoms with Gasteiger partial charge in [-0.25, -0.2) is 4.98 Å². The van der Waals surface area contributed by atoms with Crippen LogP contribution in [0.2, 0.25) is 0 Å². The molecule has 17 heteroatoms. The smallest absolute Gasteiger partial charge is 0.294 e. The van der Waals surface area contributed by atoms with Crippen LogP contribution >= 0.6 is 11.6 Å². The first-order valence-electron chi connectivity index (χ1n) is 17.8. The normalized spacial score (nSPS) is 13.5. The maximum absolute atomic E-state index is 13.5. The highest BCUT2D eigenvalue weighted by Gasteiger charge is 2.34. The zero-order valence-electron chi connectivity index (χ0n) is 30.4. The number of nitrogens with one attached hydrogen (secondary N) is 4. The minimum Gasteiger partial charge on any atom is -0.508 e. The van der Waals surface area contributed by atoms with E-state index in [-0.39, 0.29) is 72.0 Å². The summed E-state index contributed by atoms with van der Waals surface area (Å²) in [6.07, 6.45) is 5.02. The Balaban J connectivity index is 0.969. The first-order chi connectivity index (χ1) is 26.4. The molecule has 5 aromatic rings. The van der Waals surface area contributed by atoms with Crippen molar-refractivity contribution in [3.05, 3.63) is 83.8 Å². The average Bonchev–Trinajstić information content (AvgIpc) is 3.93. The van der Waals surface area contributed by atoms with Gasteiger partial charge in [-0.3, -0.25) is 24.0 Å². The number of carbonyl (C=O) groups is 5. The number of nitrogens with two attached hydrogens (primary N) is 1. The average molecular weight is 772 g/mol. The van der Waals surface area contributed by atoms with Gasteiger partial charge in [0.15, 0.2) is 11.6 Å². The van der Waals surface area contributed by atoms with E-state index in [2.05, 4.69) is 26.3 Å². The van der Waals surface area contributed by atoms with Crippen molar-refractivity contribution in [3.8, 4) is 5.75 Å². The molecule has 3 aromatic heterocycles. The Labute approximate surface area is 321 Å². The molecule has 16 nitrogen and oxygen atoms in total. The zero-order valence-corrected chi connectivity index (χ0v) is 31.1. The molecule has 0 fully saturated rings. The molecule has 1 aliphatic heterocycles. The van der Waals surface area contributed by atoms with E-state index in [0.717, 1.165) is 18.4 Å². The minimum atomic E-state index is -0.532. The van der Waals surface area contributed by atoms with Gasteiger partial charge in [-0.05, 0) is 67.8 Å². The van der Waals surface area contributed by atoms with E-state index in [1.807, 2.05) is 0 Å². The fourth-order valence-corrected chi connectivity index (χ4v) is 6.66. The molecule has 0 saturated heterocycles. The molecule has 6 rings (SSSR count). The number of aryl methyl sites for hydroxylation is 2. The van der Waals surface area contributed by atoms with Gasteiger partial charge in [0, 0.05) is 81.4 Å². The number of benzene rings is 2. The van der Waals surface area contributed by atoms with Crippen molar-refractivity contribution in [3.63, 3.8) is 0 Å². The number of unbranched alkanes of at least 4 members (excludes halogenated alkanes) is 1. The lowest BCUT2D eigenvalue weighted by atomic mass is 10.0. The van der Waals surface area contributed by atoms with Gasteiger partial charge >= 0.3 is 0 Å². The molecule has 0 spiro atoms. The van der Waals surface area contributed by atoms with Crippen LogP contribution in [0, 0.1) is 0 Å².